The summed E-state index contributed by atoms with van der Waals surface area (Å²) >= 11 is 6.55. The SMILES string of the molecule is CN(c1cccc(C#N)c1)S(=O)(=O)c1ccc(Br)cc1Br. The maximum Gasteiger partial charge on any atom is 0.265 e. The van der Waals surface area contributed by atoms with E-state index in [0.29, 0.717) is 15.7 Å². The monoisotopic (exact) mass is 428 g/mol. The van der Waals surface area contributed by atoms with Crippen molar-refractivity contribution in [2.75, 3.05) is 11.4 Å². The minimum atomic E-state index is -3.71. The molecule has 0 heterocycles. The predicted octanol–water partition coefficient (Wildman–Crippen LogP) is 3.91. The average Bonchev–Trinajstić information content (AvgIpc) is 2.46. The van der Waals surface area contributed by atoms with Gasteiger partial charge in [0.15, 0.2) is 0 Å². The Morgan fingerprint density at radius 1 is 1.14 bits per heavy atom. The third kappa shape index (κ3) is 3.28. The lowest BCUT2D eigenvalue weighted by atomic mass is 10.2. The van der Waals surface area contributed by atoms with E-state index < -0.39 is 10.0 Å². The number of hydrogen-bond donors (Lipinski definition) is 0. The molecule has 0 amide bonds. The molecule has 0 aliphatic heterocycles. The van der Waals surface area contributed by atoms with Crippen molar-refractivity contribution in [2.24, 2.45) is 0 Å². The van der Waals surface area contributed by atoms with Gasteiger partial charge in [-0.1, -0.05) is 22.0 Å². The van der Waals surface area contributed by atoms with E-state index in [-0.39, 0.29) is 4.90 Å². The van der Waals surface area contributed by atoms with E-state index in [0.717, 1.165) is 8.78 Å². The molecule has 2 aromatic carbocycles. The van der Waals surface area contributed by atoms with Gasteiger partial charge >= 0.3 is 0 Å². The second kappa shape index (κ2) is 6.18. The maximum atomic E-state index is 12.7. The molecular weight excluding hydrogens is 420 g/mol. The van der Waals surface area contributed by atoms with Crippen LogP contribution in [0.3, 0.4) is 0 Å². The molecule has 2 rings (SSSR count). The Bertz CT molecular complexity index is 829. The van der Waals surface area contributed by atoms with Gasteiger partial charge in [0, 0.05) is 16.0 Å². The topological polar surface area (TPSA) is 61.2 Å². The third-order valence-corrected chi connectivity index (χ3v) is 6.13. The van der Waals surface area contributed by atoms with Gasteiger partial charge in [-0.3, -0.25) is 4.31 Å². The average molecular weight is 430 g/mol. The molecule has 0 bridgehead atoms. The summed E-state index contributed by atoms with van der Waals surface area (Å²) in [5, 5.41) is 8.91. The molecule has 108 valence electrons. The molecule has 0 radical (unpaired) electrons. The Morgan fingerprint density at radius 2 is 1.86 bits per heavy atom. The van der Waals surface area contributed by atoms with Crippen molar-refractivity contribution in [3.05, 3.63) is 57.0 Å². The standard InChI is InChI=1S/C14H10Br2N2O2S/c1-18(12-4-2-3-10(7-12)9-17)21(19,20)14-6-5-11(15)8-13(14)16/h2-8H,1H3. The molecule has 7 heteroatoms. The van der Waals surface area contributed by atoms with Crippen LogP contribution in [0.5, 0.6) is 0 Å². The molecule has 4 nitrogen and oxygen atoms in total. The number of nitrogens with zero attached hydrogens (tertiary/aromatic N) is 2. The van der Waals surface area contributed by atoms with E-state index in [1.165, 1.54) is 19.2 Å². The Labute approximate surface area is 140 Å². The molecule has 21 heavy (non-hydrogen) atoms. The summed E-state index contributed by atoms with van der Waals surface area (Å²) in [6.07, 6.45) is 0. The second-order valence-corrected chi connectivity index (χ2v) is 7.92. The summed E-state index contributed by atoms with van der Waals surface area (Å²) < 4.78 is 27.7. The highest BCUT2D eigenvalue weighted by molar-refractivity contribution is 9.11. The van der Waals surface area contributed by atoms with Gasteiger partial charge in [0.05, 0.1) is 17.3 Å². The molecule has 0 aliphatic rings. The zero-order valence-corrected chi connectivity index (χ0v) is 14.9. The molecule has 0 fully saturated rings. The largest absolute Gasteiger partial charge is 0.269 e. The van der Waals surface area contributed by atoms with Crippen LogP contribution in [0, 0.1) is 11.3 Å². The number of benzene rings is 2. The summed E-state index contributed by atoms with van der Waals surface area (Å²) in [6.45, 7) is 0. The normalized spacial score (nSPS) is 11.0. The van der Waals surface area contributed by atoms with Crippen molar-refractivity contribution < 1.29 is 8.42 Å². The van der Waals surface area contributed by atoms with Crippen LogP contribution in [-0.4, -0.2) is 15.5 Å². The predicted molar refractivity (Wildman–Crippen MR) is 88.6 cm³/mol. The van der Waals surface area contributed by atoms with Crippen LogP contribution in [0.4, 0.5) is 5.69 Å². The fourth-order valence-electron chi connectivity index (χ4n) is 1.74. The molecule has 0 aromatic heterocycles. The Morgan fingerprint density at radius 3 is 2.48 bits per heavy atom. The van der Waals surface area contributed by atoms with Crippen molar-refractivity contribution in [1.82, 2.24) is 0 Å². The van der Waals surface area contributed by atoms with Gasteiger partial charge in [-0.25, -0.2) is 8.42 Å². The molecule has 0 saturated heterocycles. The van der Waals surface area contributed by atoms with E-state index in [1.807, 2.05) is 6.07 Å². The van der Waals surface area contributed by atoms with E-state index in [9.17, 15) is 8.42 Å². The van der Waals surface area contributed by atoms with E-state index in [4.69, 9.17) is 5.26 Å². The summed E-state index contributed by atoms with van der Waals surface area (Å²) in [5.74, 6) is 0. The minimum Gasteiger partial charge on any atom is -0.269 e. The van der Waals surface area contributed by atoms with Gasteiger partial charge in [-0.2, -0.15) is 5.26 Å². The lowest BCUT2D eigenvalue weighted by Crippen LogP contribution is -2.26. The molecule has 0 atom stereocenters. The lowest BCUT2D eigenvalue weighted by molar-refractivity contribution is 0.594. The van der Waals surface area contributed by atoms with Crippen molar-refractivity contribution in [1.29, 1.82) is 5.26 Å². The Hall–Kier alpha value is -1.36. The van der Waals surface area contributed by atoms with Gasteiger partial charge in [0.1, 0.15) is 4.90 Å². The second-order valence-electron chi connectivity index (χ2n) is 4.21. The van der Waals surface area contributed by atoms with Crippen molar-refractivity contribution in [3.8, 4) is 6.07 Å². The zero-order valence-electron chi connectivity index (χ0n) is 10.9. The van der Waals surface area contributed by atoms with Crippen LogP contribution in [0.2, 0.25) is 0 Å². The van der Waals surface area contributed by atoms with Gasteiger partial charge in [0.2, 0.25) is 0 Å². The van der Waals surface area contributed by atoms with Crippen molar-refractivity contribution >= 4 is 47.6 Å². The molecule has 2 aromatic rings. The smallest absolute Gasteiger partial charge is 0.265 e. The number of hydrogen-bond acceptors (Lipinski definition) is 3. The maximum absolute atomic E-state index is 12.7. The zero-order chi connectivity index (χ0) is 15.6. The van der Waals surface area contributed by atoms with Crippen LogP contribution < -0.4 is 4.31 Å². The quantitative estimate of drug-likeness (QED) is 0.742. The highest BCUT2D eigenvalue weighted by Crippen LogP contribution is 2.30. The lowest BCUT2D eigenvalue weighted by Gasteiger charge is -2.20. The Kier molecular flexibility index (Phi) is 4.71. The van der Waals surface area contributed by atoms with Crippen LogP contribution in [0.1, 0.15) is 5.56 Å². The van der Waals surface area contributed by atoms with E-state index in [2.05, 4.69) is 31.9 Å². The van der Waals surface area contributed by atoms with Crippen LogP contribution in [0.15, 0.2) is 56.3 Å². The number of halogens is 2. The number of anilines is 1. The first-order valence-corrected chi connectivity index (χ1v) is 8.83. The van der Waals surface area contributed by atoms with Crippen LogP contribution in [0.25, 0.3) is 0 Å². The van der Waals surface area contributed by atoms with E-state index in [1.54, 1.807) is 30.3 Å². The van der Waals surface area contributed by atoms with Crippen molar-refractivity contribution in [2.45, 2.75) is 4.90 Å². The number of sulfonamides is 1. The number of rotatable bonds is 3. The Balaban J connectivity index is 2.50. The first-order valence-electron chi connectivity index (χ1n) is 5.80. The van der Waals surface area contributed by atoms with Gasteiger partial charge in [0.25, 0.3) is 10.0 Å². The molecule has 0 aliphatic carbocycles. The van der Waals surface area contributed by atoms with E-state index >= 15 is 0 Å². The highest BCUT2D eigenvalue weighted by atomic mass is 79.9. The highest BCUT2D eigenvalue weighted by Gasteiger charge is 2.24. The van der Waals surface area contributed by atoms with Crippen LogP contribution >= 0.6 is 31.9 Å². The first kappa shape index (κ1) is 16.0. The molecule has 0 N–H and O–H groups in total. The van der Waals surface area contributed by atoms with Gasteiger partial charge in [-0.15, -0.1) is 0 Å². The molecular formula is C14H10Br2N2O2S. The number of nitriles is 1. The van der Waals surface area contributed by atoms with Gasteiger partial charge < -0.3 is 0 Å². The first-order chi connectivity index (χ1) is 9.86. The summed E-state index contributed by atoms with van der Waals surface area (Å²) in [7, 11) is -2.25. The summed E-state index contributed by atoms with van der Waals surface area (Å²) in [6, 6.07) is 13.3. The molecule has 0 saturated carbocycles. The van der Waals surface area contributed by atoms with Gasteiger partial charge in [-0.05, 0) is 52.3 Å². The third-order valence-electron chi connectivity index (χ3n) is 2.87. The molecule has 0 spiro atoms. The fraction of sp³-hybridized carbons (Fsp3) is 0.0714. The summed E-state index contributed by atoms with van der Waals surface area (Å²) in [4.78, 5) is 0.163. The minimum absolute atomic E-state index is 0.163. The van der Waals surface area contributed by atoms with Crippen LogP contribution in [-0.2, 0) is 10.0 Å². The summed E-state index contributed by atoms with van der Waals surface area (Å²) in [5.41, 5.74) is 0.841. The molecule has 0 unspecified atom stereocenters. The van der Waals surface area contributed by atoms with Crippen molar-refractivity contribution in [3.63, 3.8) is 0 Å². The fourth-order valence-corrected chi connectivity index (χ4v) is 4.63.